The van der Waals surface area contributed by atoms with Crippen molar-refractivity contribution in [3.05, 3.63) is 35.9 Å². The number of benzene rings is 1. The highest BCUT2D eigenvalue weighted by Crippen LogP contribution is 2.33. The predicted molar refractivity (Wildman–Crippen MR) is 126 cm³/mol. The number of hydrogen-bond donors (Lipinski definition) is 5. The molecule has 192 valence electrons. The molecule has 0 aliphatic heterocycles. The first-order valence-corrected chi connectivity index (χ1v) is 12.1. The molecule has 0 aliphatic carbocycles. The van der Waals surface area contributed by atoms with Crippen molar-refractivity contribution in [1.82, 2.24) is 0 Å². The summed E-state index contributed by atoms with van der Waals surface area (Å²) in [7, 11) is 0. The largest absolute Gasteiger partial charge is 0.396 e. The number of aliphatic hydroxyl groups is 5. The minimum absolute atomic E-state index is 0.00399. The van der Waals surface area contributed by atoms with Crippen molar-refractivity contribution < 1.29 is 39.7 Å². The van der Waals surface area contributed by atoms with Crippen molar-refractivity contribution in [3.8, 4) is 0 Å². The van der Waals surface area contributed by atoms with Gasteiger partial charge in [-0.1, -0.05) is 30.3 Å². The maximum absolute atomic E-state index is 10.9. The monoisotopic (exact) mass is 472 g/mol. The van der Waals surface area contributed by atoms with Crippen LogP contribution in [0.1, 0.15) is 50.5 Å². The summed E-state index contributed by atoms with van der Waals surface area (Å²) in [5.41, 5.74) is 0.0531. The number of rotatable bonds is 22. The molecule has 1 aromatic rings. The van der Waals surface area contributed by atoms with Crippen LogP contribution in [0, 0.1) is 5.41 Å². The topological polar surface area (TPSA) is 129 Å². The van der Waals surface area contributed by atoms with Gasteiger partial charge in [-0.15, -0.1) is 0 Å². The Kier molecular flexibility index (Phi) is 17.4. The third kappa shape index (κ3) is 12.2. The van der Waals surface area contributed by atoms with Gasteiger partial charge in [-0.2, -0.15) is 0 Å². The Labute approximate surface area is 198 Å². The molecule has 0 radical (unpaired) electrons. The van der Waals surface area contributed by atoms with Crippen LogP contribution in [0.4, 0.5) is 0 Å². The van der Waals surface area contributed by atoms with Gasteiger partial charge in [0.25, 0.3) is 0 Å². The summed E-state index contributed by atoms with van der Waals surface area (Å²) in [4.78, 5) is 0. The minimum Gasteiger partial charge on any atom is -0.396 e. The van der Waals surface area contributed by atoms with Gasteiger partial charge in [0, 0.05) is 39.6 Å². The molecule has 0 spiro atoms. The maximum Gasteiger partial charge on any atom is 0.0716 e. The van der Waals surface area contributed by atoms with E-state index in [9.17, 15) is 20.4 Å². The Balaban J connectivity index is 2.56. The van der Waals surface area contributed by atoms with Crippen LogP contribution in [0.3, 0.4) is 0 Å². The first kappa shape index (κ1) is 29.9. The van der Waals surface area contributed by atoms with Crippen LogP contribution >= 0.6 is 0 Å². The average Bonchev–Trinajstić information content (AvgIpc) is 2.84. The van der Waals surface area contributed by atoms with E-state index < -0.39 is 17.6 Å². The van der Waals surface area contributed by atoms with Gasteiger partial charge in [-0.3, -0.25) is 0 Å². The van der Waals surface area contributed by atoms with Crippen molar-refractivity contribution in [2.45, 2.75) is 63.8 Å². The van der Waals surface area contributed by atoms with Gasteiger partial charge in [-0.25, -0.2) is 0 Å². The van der Waals surface area contributed by atoms with E-state index in [-0.39, 0.29) is 33.0 Å². The van der Waals surface area contributed by atoms with Gasteiger partial charge < -0.3 is 39.7 Å². The second-order valence-corrected chi connectivity index (χ2v) is 8.42. The van der Waals surface area contributed by atoms with Crippen molar-refractivity contribution in [2.75, 3.05) is 52.9 Å². The van der Waals surface area contributed by atoms with E-state index in [2.05, 4.69) is 0 Å². The lowest BCUT2D eigenvalue weighted by molar-refractivity contribution is -0.155. The van der Waals surface area contributed by atoms with Crippen LogP contribution in [-0.4, -0.2) is 90.6 Å². The van der Waals surface area contributed by atoms with Crippen molar-refractivity contribution in [3.63, 3.8) is 0 Å². The second kappa shape index (κ2) is 19.2. The van der Waals surface area contributed by atoms with Crippen LogP contribution in [0.25, 0.3) is 0 Å². The Morgan fingerprint density at radius 3 is 1.64 bits per heavy atom. The summed E-state index contributed by atoms with van der Waals surface area (Å²) < 4.78 is 17.3. The standard InChI is InChI=1S/C25H44O8/c26-13-6-11-23(29)25(21-33-18-8-15-28,24(30)12-7-14-27)20-32-17-5-4-16-31-19-22-9-2-1-3-10-22/h1-3,9-10,23-24,26-30H,4-8,11-21H2. The number of hydrogen-bond acceptors (Lipinski definition) is 8. The highest BCUT2D eigenvalue weighted by Gasteiger charge is 2.44. The molecule has 0 aromatic heterocycles. The lowest BCUT2D eigenvalue weighted by Crippen LogP contribution is -2.52. The third-order valence-electron chi connectivity index (χ3n) is 5.73. The summed E-state index contributed by atoms with van der Waals surface area (Å²) >= 11 is 0. The highest BCUT2D eigenvalue weighted by atomic mass is 16.5. The van der Waals surface area contributed by atoms with E-state index >= 15 is 0 Å². The van der Waals surface area contributed by atoms with E-state index in [0.29, 0.717) is 58.5 Å². The quantitative estimate of drug-likeness (QED) is 0.161. The number of aliphatic hydroxyl groups excluding tert-OH is 5. The summed E-state index contributed by atoms with van der Waals surface area (Å²) in [6.45, 7) is 1.97. The first-order valence-electron chi connectivity index (χ1n) is 12.1. The molecule has 5 N–H and O–H groups in total. The Hall–Kier alpha value is -1.10. The van der Waals surface area contributed by atoms with Gasteiger partial charge in [-0.05, 0) is 50.5 Å². The molecular weight excluding hydrogens is 428 g/mol. The van der Waals surface area contributed by atoms with E-state index in [1.165, 1.54) is 0 Å². The molecule has 0 fully saturated rings. The molecule has 0 saturated heterocycles. The summed E-state index contributed by atoms with van der Waals surface area (Å²) in [5.74, 6) is 0. The minimum atomic E-state index is -1.08. The fourth-order valence-corrected chi connectivity index (χ4v) is 3.66. The first-order chi connectivity index (χ1) is 16.1. The van der Waals surface area contributed by atoms with Crippen LogP contribution < -0.4 is 0 Å². The van der Waals surface area contributed by atoms with Crippen LogP contribution in [0.2, 0.25) is 0 Å². The van der Waals surface area contributed by atoms with Crippen molar-refractivity contribution >= 4 is 0 Å². The molecule has 8 heteroatoms. The van der Waals surface area contributed by atoms with E-state index in [4.69, 9.17) is 19.3 Å². The average molecular weight is 473 g/mol. The Morgan fingerprint density at radius 2 is 1.12 bits per heavy atom. The van der Waals surface area contributed by atoms with E-state index in [1.54, 1.807) is 0 Å². The molecule has 2 unspecified atom stereocenters. The summed E-state index contributed by atoms with van der Waals surface area (Å²) in [6.07, 6.45) is 1.56. The van der Waals surface area contributed by atoms with Crippen molar-refractivity contribution in [2.24, 2.45) is 5.41 Å². The zero-order valence-corrected chi connectivity index (χ0v) is 19.8. The molecule has 2 atom stereocenters. The molecule has 0 saturated carbocycles. The molecular formula is C25H44O8. The molecule has 1 rings (SSSR count). The zero-order valence-electron chi connectivity index (χ0n) is 19.8. The van der Waals surface area contributed by atoms with Crippen molar-refractivity contribution in [1.29, 1.82) is 0 Å². The Morgan fingerprint density at radius 1 is 0.636 bits per heavy atom. The SMILES string of the molecule is OCCCOCC(COCCCCOCc1ccccc1)(C(O)CCCO)C(O)CCCO. The van der Waals surface area contributed by atoms with Gasteiger partial charge in [0.15, 0.2) is 0 Å². The smallest absolute Gasteiger partial charge is 0.0716 e. The summed E-state index contributed by atoms with van der Waals surface area (Å²) in [6, 6.07) is 9.98. The maximum atomic E-state index is 10.9. The molecule has 0 bridgehead atoms. The van der Waals surface area contributed by atoms with Crippen LogP contribution in [-0.2, 0) is 20.8 Å². The van der Waals surface area contributed by atoms with Crippen LogP contribution in [0.15, 0.2) is 30.3 Å². The molecule has 1 aromatic carbocycles. The van der Waals surface area contributed by atoms with E-state index in [0.717, 1.165) is 18.4 Å². The summed E-state index contributed by atoms with van der Waals surface area (Å²) in [5, 5.41) is 49.2. The number of unbranched alkanes of at least 4 members (excludes halogenated alkanes) is 1. The molecule has 0 amide bonds. The fraction of sp³-hybridized carbons (Fsp3) is 0.760. The van der Waals surface area contributed by atoms with Gasteiger partial charge in [0.1, 0.15) is 0 Å². The fourth-order valence-electron chi connectivity index (χ4n) is 3.66. The normalized spacial score (nSPS) is 15.3. The highest BCUT2D eigenvalue weighted by molar-refractivity contribution is 5.13. The third-order valence-corrected chi connectivity index (χ3v) is 5.73. The molecule has 8 nitrogen and oxygen atoms in total. The Bertz CT molecular complexity index is 543. The van der Waals surface area contributed by atoms with Gasteiger partial charge in [0.2, 0.25) is 0 Å². The molecule has 33 heavy (non-hydrogen) atoms. The van der Waals surface area contributed by atoms with Crippen LogP contribution in [0.5, 0.6) is 0 Å². The lowest BCUT2D eigenvalue weighted by Gasteiger charge is -2.41. The predicted octanol–water partition coefficient (Wildman–Crippen LogP) is 1.65. The molecule has 0 heterocycles. The van der Waals surface area contributed by atoms with E-state index in [1.807, 2.05) is 30.3 Å². The zero-order chi connectivity index (χ0) is 24.2. The number of ether oxygens (including phenoxy) is 3. The van der Waals surface area contributed by atoms with Gasteiger partial charge in [0.05, 0.1) is 37.4 Å². The molecule has 0 aliphatic rings. The second-order valence-electron chi connectivity index (χ2n) is 8.42. The lowest BCUT2D eigenvalue weighted by atomic mass is 9.74. The van der Waals surface area contributed by atoms with Gasteiger partial charge >= 0.3 is 0 Å².